The molecule has 10 nitrogen and oxygen atoms in total. The Morgan fingerprint density at radius 2 is 1.97 bits per heavy atom. The molecule has 0 aromatic heterocycles. The van der Waals surface area contributed by atoms with Crippen LogP contribution in [-0.2, 0) is 14.8 Å². The first-order valence-electron chi connectivity index (χ1n) is 12.7. The van der Waals surface area contributed by atoms with Crippen LogP contribution >= 0.6 is 0 Å². The number of sulfonamides is 1. The zero-order chi connectivity index (χ0) is 26.6. The van der Waals surface area contributed by atoms with E-state index in [2.05, 4.69) is 5.32 Å². The minimum absolute atomic E-state index is 0.0614. The number of carbonyl (C=O) groups is 1. The van der Waals surface area contributed by atoms with Crippen LogP contribution in [0.25, 0.3) is 0 Å². The van der Waals surface area contributed by atoms with Gasteiger partial charge in [-0.3, -0.25) is 0 Å². The summed E-state index contributed by atoms with van der Waals surface area (Å²) in [5.41, 5.74) is 6.15. The highest BCUT2D eigenvalue weighted by molar-refractivity contribution is 7.89. The molecule has 0 unspecified atom stereocenters. The molecule has 3 aliphatic rings. The number of benzene rings is 1. The Morgan fingerprint density at radius 1 is 1.22 bits per heavy atom. The Morgan fingerprint density at radius 3 is 2.59 bits per heavy atom. The lowest BCUT2D eigenvalue weighted by atomic mass is 9.87. The lowest BCUT2D eigenvalue weighted by molar-refractivity contribution is 0.173. The number of allylic oxidation sites excluding steroid dienone is 3. The Hall–Kier alpha value is -2.76. The van der Waals surface area contributed by atoms with Crippen molar-refractivity contribution in [1.29, 1.82) is 0 Å². The summed E-state index contributed by atoms with van der Waals surface area (Å²) in [5.74, 6) is 1.88. The van der Waals surface area contributed by atoms with Gasteiger partial charge in [-0.15, -0.1) is 0 Å². The number of nitrogens with two attached hydrogens (primary N) is 1. The molecule has 4 rings (SSSR count). The summed E-state index contributed by atoms with van der Waals surface area (Å²) in [6, 6.07) is 4.24. The molecule has 0 bridgehead atoms. The Balaban J connectivity index is 1.56. The second-order valence-electron chi connectivity index (χ2n) is 10.4. The fraction of sp³-hybridized carbons (Fsp3) is 0.577. The van der Waals surface area contributed by atoms with Gasteiger partial charge in [-0.25, -0.2) is 13.2 Å². The molecule has 11 heteroatoms. The first kappa shape index (κ1) is 27.3. The number of amides is 1. The average Bonchev–Trinajstić information content (AvgIpc) is 3.48. The third-order valence-electron chi connectivity index (χ3n) is 7.04. The van der Waals surface area contributed by atoms with Crippen molar-refractivity contribution in [3.63, 3.8) is 0 Å². The van der Waals surface area contributed by atoms with Gasteiger partial charge in [0.05, 0.1) is 17.3 Å². The van der Waals surface area contributed by atoms with Crippen LogP contribution in [0.2, 0.25) is 0 Å². The van der Waals surface area contributed by atoms with Crippen LogP contribution in [0.4, 0.5) is 4.79 Å². The molecule has 0 saturated heterocycles. The highest BCUT2D eigenvalue weighted by Gasteiger charge is 2.52. The Bertz CT molecular complexity index is 1160. The summed E-state index contributed by atoms with van der Waals surface area (Å²) in [7, 11) is -3.85. The molecule has 1 aromatic rings. The van der Waals surface area contributed by atoms with Crippen molar-refractivity contribution in [2.24, 2.45) is 17.1 Å². The van der Waals surface area contributed by atoms with Gasteiger partial charge in [-0.1, -0.05) is 25.5 Å². The van der Waals surface area contributed by atoms with E-state index in [1.165, 1.54) is 16.4 Å². The van der Waals surface area contributed by atoms with Crippen molar-refractivity contribution < 1.29 is 32.5 Å². The molecular weight excluding hydrogens is 498 g/mol. The topological polar surface area (TPSA) is 140 Å². The molecular formula is C26H37N3O7S. The molecule has 37 heavy (non-hydrogen) atoms. The molecule has 0 radical (unpaired) electrons. The second-order valence-corrected chi connectivity index (χ2v) is 12.3. The van der Waals surface area contributed by atoms with Crippen molar-refractivity contribution in [3.8, 4) is 11.5 Å². The number of rotatable bonds is 13. The lowest BCUT2D eigenvalue weighted by Crippen LogP contribution is -2.48. The monoisotopic (exact) mass is 535 g/mol. The molecule has 1 saturated carbocycles. The van der Waals surface area contributed by atoms with E-state index in [1.54, 1.807) is 6.07 Å². The second kappa shape index (κ2) is 11.3. The van der Waals surface area contributed by atoms with E-state index in [0.717, 1.165) is 37.0 Å². The summed E-state index contributed by atoms with van der Waals surface area (Å²) in [6.07, 6.45) is 6.30. The first-order chi connectivity index (χ1) is 17.6. The average molecular weight is 536 g/mol. The predicted molar refractivity (Wildman–Crippen MR) is 138 cm³/mol. The highest BCUT2D eigenvalue weighted by Crippen LogP contribution is 2.52. The minimum Gasteiger partial charge on any atom is -0.497 e. The summed E-state index contributed by atoms with van der Waals surface area (Å²) in [6.45, 7) is 5.47. The van der Waals surface area contributed by atoms with E-state index in [-0.39, 0.29) is 24.2 Å². The highest BCUT2D eigenvalue weighted by atomic mass is 32.2. The van der Waals surface area contributed by atoms with Crippen molar-refractivity contribution in [2.75, 3.05) is 33.0 Å². The van der Waals surface area contributed by atoms with Crippen LogP contribution in [0.5, 0.6) is 11.5 Å². The number of nitrogens with one attached hydrogen (secondary N) is 1. The van der Waals surface area contributed by atoms with E-state index < -0.39 is 27.6 Å². The number of ether oxygens (including phenoxy) is 3. The van der Waals surface area contributed by atoms with Gasteiger partial charge in [0.2, 0.25) is 16.8 Å². The van der Waals surface area contributed by atoms with Gasteiger partial charge in [0.15, 0.2) is 11.5 Å². The summed E-state index contributed by atoms with van der Waals surface area (Å²) >= 11 is 0. The number of carboxylic acid groups (broad SMARTS) is 1. The summed E-state index contributed by atoms with van der Waals surface area (Å²) < 4.78 is 45.4. The van der Waals surface area contributed by atoms with Crippen LogP contribution in [0.1, 0.15) is 46.0 Å². The van der Waals surface area contributed by atoms with Gasteiger partial charge >= 0.3 is 6.09 Å². The Labute approximate surface area is 218 Å². The van der Waals surface area contributed by atoms with Crippen LogP contribution in [0.3, 0.4) is 0 Å². The molecule has 1 atom stereocenters. The third kappa shape index (κ3) is 6.58. The molecule has 1 heterocycles. The first-order valence-corrected chi connectivity index (χ1v) is 14.2. The third-order valence-corrected chi connectivity index (χ3v) is 8.85. The molecule has 204 valence electrons. The molecule has 1 fully saturated rings. The molecule has 1 amide bonds. The van der Waals surface area contributed by atoms with E-state index in [9.17, 15) is 18.3 Å². The van der Waals surface area contributed by atoms with E-state index in [0.29, 0.717) is 37.6 Å². The lowest BCUT2D eigenvalue weighted by Gasteiger charge is -2.34. The van der Waals surface area contributed by atoms with E-state index >= 15 is 0 Å². The van der Waals surface area contributed by atoms with E-state index in [4.69, 9.17) is 19.9 Å². The van der Waals surface area contributed by atoms with Gasteiger partial charge in [-0.05, 0) is 49.8 Å². The van der Waals surface area contributed by atoms with Crippen molar-refractivity contribution >= 4 is 16.1 Å². The van der Waals surface area contributed by atoms with Crippen LogP contribution in [0.15, 0.2) is 46.6 Å². The van der Waals surface area contributed by atoms with Gasteiger partial charge in [-0.2, -0.15) is 4.31 Å². The van der Waals surface area contributed by atoms with Gasteiger partial charge in [0.25, 0.3) is 0 Å². The summed E-state index contributed by atoms with van der Waals surface area (Å²) in [5, 5.41) is 12.3. The van der Waals surface area contributed by atoms with Crippen molar-refractivity contribution in [3.05, 3.63) is 41.7 Å². The van der Waals surface area contributed by atoms with Crippen molar-refractivity contribution in [1.82, 2.24) is 9.62 Å². The van der Waals surface area contributed by atoms with E-state index in [1.807, 2.05) is 26.0 Å². The quantitative estimate of drug-likeness (QED) is 0.349. The molecule has 0 spiro atoms. The Kier molecular flexibility index (Phi) is 8.35. The van der Waals surface area contributed by atoms with Crippen LogP contribution in [0, 0.1) is 11.3 Å². The maximum atomic E-state index is 13.8. The number of nitrogens with zero attached hydrogens (tertiary/aromatic N) is 1. The van der Waals surface area contributed by atoms with Gasteiger partial charge < -0.3 is 30.4 Å². The zero-order valence-electron chi connectivity index (χ0n) is 21.4. The maximum Gasteiger partial charge on any atom is 0.404 e. The maximum absolute atomic E-state index is 13.8. The fourth-order valence-electron chi connectivity index (χ4n) is 4.94. The number of hydrogen-bond donors (Lipinski definition) is 3. The van der Waals surface area contributed by atoms with Crippen molar-refractivity contribution in [2.45, 2.75) is 56.9 Å². The molecule has 1 aliphatic heterocycles. The van der Waals surface area contributed by atoms with Gasteiger partial charge in [0, 0.05) is 43.6 Å². The van der Waals surface area contributed by atoms with Crippen LogP contribution in [-0.4, -0.2) is 63.0 Å². The van der Waals surface area contributed by atoms with Crippen LogP contribution < -0.4 is 20.5 Å². The number of hydrogen-bond acceptors (Lipinski definition) is 7. The molecule has 1 aromatic carbocycles. The molecule has 2 aliphatic carbocycles. The van der Waals surface area contributed by atoms with Gasteiger partial charge in [0.1, 0.15) is 0 Å². The summed E-state index contributed by atoms with van der Waals surface area (Å²) in [4.78, 5) is 11.9. The molecule has 4 N–H and O–H groups in total. The standard InChI is InChI=1S/C26H37N3O7S/c1-18(2)15-29(37(32,33)21-7-8-22-23(14-21)36-17-35-22)16-26(9-10-26)24(28-25(30)31)13-19-3-5-20(6-4-19)34-12-11-27/h3,5,7-8,14,18,24,28H,4,6,9-13,15-17,27H2,1-2H3,(H,30,31)/t24-/m0/s1. The number of fused-ring (bicyclic) bond motifs is 1. The predicted octanol–water partition coefficient (Wildman–Crippen LogP) is 3.45. The normalized spacial score (nSPS) is 18.8. The smallest absolute Gasteiger partial charge is 0.404 e. The fourth-order valence-corrected chi connectivity index (χ4v) is 6.66. The zero-order valence-corrected chi connectivity index (χ0v) is 22.3. The minimum atomic E-state index is -3.85. The largest absolute Gasteiger partial charge is 0.497 e. The SMILES string of the molecule is CC(C)CN(CC1([C@H](CC2=CC=C(OCCN)CC2)NC(=O)O)CC1)S(=O)(=O)c1ccc2c(c1)OCO2.